The number of carbonyl (C=O) groups is 2. The van der Waals surface area contributed by atoms with Gasteiger partial charge in [-0.05, 0) is 72.0 Å². The second kappa shape index (κ2) is 13.7. The monoisotopic (exact) mass is 611 g/mol. The van der Waals surface area contributed by atoms with E-state index in [1.54, 1.807) is 30.5 Å². The molecule has 0 saturated carbocycles. The summed E-state index contributed by atoms with van der Waals surface area (Å²) in [4.78, 5) is 32.5. The first-order valence-electron chi connectivity index (χ1n) is 13.4. The average molecular weight is 612 g/mol. The molecule has 0 aliphatic heterocycles. The number of aromatic nitrogens is 2. The Morgan fingerprint density at radius 2 is 1.63 bits per heavy atom. The average Bonchev–Trinajstić information content (AvgIpc) is 3.38. The Hall–Kier alpha value is -4.42. The van der Waals surface area contributed by atoms with Gasteiger partial charge in [0.05, 0.1) is 12.4 Å². The minimum absolute atomic E-state index is 0.0896. The molecular formula is C31H31F2N3O6S. The molecule has 226 valence electrons. The number of aromatic amines is 1. The van der Waals surface area contributed by atoms with Gasteiger partial charge in [0.1, 0.15) is 39.4 Å². The molecule has 1 aromatic heterocycles. The summed E-state index contributed by atoms with van der Waals surface area (Å²) in [6.07, 6.45) is 2.22. The number of imidazole rings is 1. The van der Waals surface area contributed by atoms with Crippen molar-refractivity contribution >= 4 is 21.7 Å². The number of aliphatic carboxylic acids is 1. The van der Waals surface area contributed by atoms with Crippen molar-refractivity contribution in [3.05, 3.63) is 113 Å². The molecule has 9 nitrogen and oxygen atoms in total. The van der Waals surface area contributed by atoms with Gasteiger partial charge in [0.15, 0.2) is 0 Å². The van der Waals surface area contributed by atoms with Crippen LogP contribution in [-0.2, 0) is 25.8 Å². The van der Waals surface area contributed by atoms with E-state index in [2.05, 4.69) is 15.3 Å². The number of hydrogen-bond donors (Lipinski definition) is 3. The number of carboxylic acid groups (broad SMARTS) is 1. The van der Waals surface area contributed by atoms with E-state index in [1.165, 1.54) is 42.5 Å². The number of carboxylic acids is 1. The van der Waals surface area contributed by atoms with Crippen molar-refractivity contribution in [2.45, 2.75) is 31.9 Å². The highest BCUT2D eigenvalue weighted by Gasteiger charge is 2.25. The Balaban J connectivity index is 1.70. The van der Waals surface area contributed by atoms with E-state index in [0.717, 1.165) is 17.8 Å². The summed E-state index contributed by atoms with van der Waals surface area (Å²) < 4.78 is 57.0. The van der Waals surface area contributed by atoms with Crippen LogP contribution in [0.3, 0.4) is 0 Å². The van der Waals surface area contributed by atoms with Crippen molar-refractivity contribution < 1.29 is 36.6 Å². The third-order valence-electron chi connectivity index (χ3n) is 6.71. The number of nitrogens with zero attached hydrogens (tertiary/aromatic N) is 1. The van der Waals surface area contributed by atoms with Crippen molar-refractivity contribution in [2.75, 3.05) is 18.6 Å². The molecule has 4 aromatic rings. The Morgan fingerprint density at radius 1 is 1.00 bits per heavy atom. The van der Waals surface area contributed by atoms with Crippen LogP contribution in [0, 0.1) is 18.6 Å². The molecule has 0 saturated heterocycles. The van der Waals surface area contributed by atoms with E-state index in [0.29, 0.717) is 28.7 Å². The number of amides is 1. The van der Waals surface area contributed by atoms with Gasteiger partial charge in [-0.2, -0.15) is 0 Å². The molecule has 3 aromatic carbocycles. The first kappa shape index (κ1) is 31.5. The summed E-state index contributed by atoms with van der Waals surface area (Å²) in [5.74, 6) is -2.69. The third kappa shape index (κ3) is 8.79. The van der Waals surface area contributed by atoms with Crippen LogP contribution in [-0.4, -0.2) is 60.0 Å². The Morgan fingerprint density at radius 3 is 2.21 bits per heavy atom. The van der Waals surface area contributed by atoms with E-state index in [-0.39, 0.29) is 18.6 Å². The zero-order valence-corrected chi connectivity index (χ0v) is 24.3. The Labute approximate surface area is 247 Å². The highest BCUT2D eigenvalue weighted by molar-refractivity contribution is 7.90. The lowest BCUT2D eigenvalue weighted by Gasteiger charge is -2.22. The molecule has 0 spiro atoms. The quantitative estimate of drug-likeness (QED) is 0.200. The summed E-state index contributed by atoms with van der Waals surface area (Å²) in [6.45, 7) is 2.11. The number of ether oxygens (including phenoxy) is 1. The lowest BCUT2D eigenvalue weighted by atomic mass is 9.92. The number of nitrogens with one attached hydrogen (secondary N) is 2. The summed E-state index contributed by atoms with van der Waals surface area (Å²) in [6, 6.07) is 14.6. The van der Waals surface area contributed by atoms with Crippen molar-refractivity contribution in [3.63, 3.8) is 0 Å². The standard InChI is InChI=1S/C31H31F2N3O6S/c1-19-34-18-25(35-19)13-15-42-29(21-5-10-24(33)11-6-21)22-7-12-26(27(17-22)20-3-8-23(32)9-4-20)30(37)36-28(31(38)39)14-16-43(2,40)41/h3-12,17-18,28-29H,13-16H2,1-2H3,(H,34,35)(H,36,37)(H,38,39)/t28-,29?/m0/s1. The Kier molecular flexibility index (Phi) is 10.0. The summed E-state index contributed by atoms with van der Waals surface area (Å²) in [7, 11) is -3.47. The van der Waals surface area contributed by atoms with Crippen molar-refractivity contribution in [1.29, 1.82) is 0 Å². The first-order valence-corrected chi connectivity index (χ1v) is 15.4. The molecule has 1 heterocycles. The van der Waals surface area contributed by atoms with E-state index < -0.39 is 51.2 Å². The summed E-state index contributed by atoms with van der Waals surface area (Å²) >= 11 is 0. The molecule has 0 bridgehead atoms. The molecule has 3 N–H and O–H groups in total. The maximum Gasteiger partial charge on any atom is 0.326 e. The van der Waals surface area contributed by atoms with E-state index in [4.69, 9.17) is 4.74 Å². The van der Waals surface area contributed by atoms with Crippen molar-refractivity contribution in [3.8, 4) is 11.1 Å². The maximum atomic E-state index is 13.8. The number of carbonyl (C=O) groups excluding carboxylic acids is 1. The second-order valence-corrected chi connectivity index (χ2v) is 12.4. The van der Waals surface area contributed by atoms with Crippen LogP contribution in [0.25, 0.3) is 11.1 Å². The van der Waals surface area contributed by atoms with Crippen molar-refractivity contribution in [1.82, 2.24) is 15.3 Å². The molecule has 0 aliphatic carbocycles. The van der Waals surface area contributed by atoms with Gasteiger partial charge in [0.25, 0.3) is 5.91 Å². The second-order valence-electron chi connectivity index (χ2n) is 10.1. The maximum absolute atomic E-state index is 13.8. The molecule has 12 heteroatoms. The largest absolute Gasteiger partial charge is 0.480 e. The number of hydrogen-bond acceptors (Lipinski definition) is 6. The van der Waals surface area contributed by atoms with Gasteiger partial charge in [-0.3, -0.25) is 4.79 Å². The number of benzene rings is 3. The fourth-order valence-electron chi connectivity index (χ4n) is 4.52. The number of sulfone groups is 1. The van der Waals surface area contributed by atoms with Crippen LogP contribution in [0.15, 0.2) is 72.9 Å². The van der Waals surface area contributed by atoms with Crippen LogP contribution in [0.5, 0.6) is 0 Å². The number of halogens is 2. The topological polar surface area (TPSA) is 138 Å². The van der Waals surface area contributed by atoms with Crippen LogP contribution in [0.1, 0.15) is 45.5 Å². The number of aryl methyl sites for hydroxylation is 1. The lowest BCUT2D eigenvalue weighted by Crippen LogP contribution is -2.42. The van der Waals surface area contributed by atoms with Gasteiger partial charge < -0.3 is 20.1 Å². The zero-order valence-electron chi connectivity index (χ0n) is 23.5. The lowest BCUT2D eigenvalue weighted by molar-refractivity contribution is -0.139. The minimum Gasteiger partial charge on any atom is -0.480 e. The van der Waals surface area contributed by atoms with Gasteiger partial charge in [-0.1, -0.05) is 30.3 Å². The molecule has 1 amide bonds. The predicted octanol–water partition coefficient (Wildman–Crippen LogP) is 4.63. The molecule has 0 radical (unpaired) electrons. The van der Waals surface area contributed by atoms with Crippen LogP contribution < -0.4 is 5.32 Å². The van der Waals surface area contributed by atoms with Crippen molar-refractivity contribution in [2.24, 2.45) is 0 Å². The Bertz CT molecular complexity index is 1690. The summed E-state index contributed by atoms with van der Waals surface area (Å²) in [5.41, 5.74) is 3.06. The van der Waals surface area contributed by atoms with Gasteiger partial charge in [0.2, 0.25) is 0 Å². The first-order chi connectivity index (χ1) is 20.4. The normalized spacial score (nSPS) is 12.9. The predicted molar refractivity (Wildman–Crippen MR) is 156 cm³/mol. The molecule has 2 atom stereocenters. The number of H-pyrrole nitrogens is 1. The van der Waals surface area contributed by atoms with Gasteiger partial charge in [0, 0.05) is 30.1 Å². The zero-order chi connectivity index (χ0) is 31.1. The van der Waals surface area contributed by atoms with E-state index in [9.17, 15) is 31.9 Å². The minimum atomic E-state index is -3.47. The SMILES string of the molecule is Cc1ncc(CCOC(c2ccc(F)cc2)c2ccc(C(=O)N[C@@H](CCS(C)(=O)=O)C(=O)O)c(-c3ccc(F)cc3)c2)[nH]1. The van der Waals surface area contributed by atoms with Gasteiger partial charge in [-0.25, -0.2) is 27.0 Å². The fourth-order valence-corrected chi connectivity index (χ4v) is 5.19. The third-order valence-corrected chi connectivity index (χ3v) is 7.69. The van der Waals surface area contributed by atoms with E-state index in [1.807, 2.05) is 6.92 Å². The highest BCUT2D eigenvalue weighted by atomic mass is 32.2. The smallest absolute Gasteiger partial charge is 0.326 e. The van der Waals surface area contributed by atoms with E-state index >= 15 is 0 Å². The van der Waals surface area contributed by atoms with Crippen LogP contribution >= 0.6 is 0 Å². The number of rotatable bonds is 13. The van der Waals surface area contributed by atoms with Crippen LogP contribution in [0.4, 0.5) is 8.78 Å². The highest BCUT2D eigenvalue weighted by Crippen LogP contribution is 2.33. The molecule has 4 rings (SSSR count). The molecular weight excluding hydrogens is 580 g/mol. The van der Waals surface area contributed by atoms with Crippen LogP contribution in [0.2, 0.25) is 0 Å². The molecule has 0 aliphatic rings. The fraction of sp³-hybridized carbons (Fsp3) is 0.258. The summed E-state index contributed by atoms with van der Waals surface area (Å²) in [5, 5.41) is 12.0. The molecule has 1 unspecified atom stereocenters. The molecule has 0 fully saturated rings. The molecule has 43 heavy (non-hydrogen) atoms. The van der Waals surface area contributed by atoms with Gasteiger partial charge >= 0.3 is 5.97 Å². The van der Waals surface area contributed by atoms with Gasteiger partial charge in [-0.15, -0.1) is 0 Å².